The SMILES string of the molecule is N[C@H](C(=O)NCC(C1CC1)C1CC1)c1ccccc1. The molecule has 2 aliphatic carbocycles. The van der Waals surface area contributed by atoms with Gasteiger partial charge < -0.3 is 11.1 Å². The average Bonchev–Trinajstić information content (AvgIpc) is 3.31. The van der Waals surface area contributed by atoms with Gasteiger partial charge in [-0.1, -0.05) is 30.3 Å². The van der Waals surface area contributed by atoms with E-state index in [1.165, 1.54) is 25.7 Å². The zero-order chi connectivity index (χ0) is 13.2. The Balaban J connectivity index is 1.53. The van der Waals surface area contributed by atoms with Gasteiger partial charge in [-0.2, -0.15) is 0 Å². The van der Waals surface area contributed by atoms with Gasteiger partial charge in [-0.05, 0) is 49.0 Å². The van der Waals surface area contributed by atoms with Gasteiger partial charge in [0.2, 0.25) is 5.91 Å². The summed E-state index contributed by atoms with van der Waals surface area (Å²) in [5.74, 6) is 2.38. The molecule has 0 spiro atoms. The minimum Gasteiger partial charge on any atom is -0.354 e. The fourth-order valence-corrected chi connectivity index (χ4v) is 2.91. The third-order valence-corrected chi connectivity index (χ3v) is 4.41. The van der Waals surface area contributed by atoms with Crippen molar-refractivity contribution in [3.63, 3.8) is 0 Å². The molecule has 0 heterocycles. The number of carbonyl (C=O) groups excluding carboxylic acids is 1. The molecule has 0 unspecified atom stereocenters. The topological polar surface area (TPSA) is 55.1 Å². The fraction of sp³-hybridized carbons (Fsp3) is 0.562. The molecule has 1 aromatic carbocycles. The van der Waals surface area contributed by atoms with Gasteiger partial charge in [-0.3, -0.25) is 4.79 Å². The van der Waals surface area contributed by atoms with E-state index in [9.17, 15) is 4.79 Å². The van der Waals surface area contributed by atoms with Gasteiger partial charge in [-0.25, -0.2) is 0 Å². The summed E-state index contributed by atoms with van der Waals surface area (Å²) in [6.07, 6.45) is 5.40. The molecular formula is C16H22N2O. The second-order valence-electron chi connectivity index (χ2n) is 5.97. The molecule has 1 aromatic rings. The van der Waals surface area contributed by atoms with Crippen LogP contribution in [0.15, 0.2) is 30.3 Å². The molecule has 102 valence electrons. The Morgan fingerprint density at radius 1 is 1.16 bits per heavy atom. The van der Waals surface area contributed by atoms with Crippen LogP contribution in [0.1, 0.15) is 37.3 Å². The summed E-state index contributed by atoms with van der Waals surface area (Å²) >= 11 is 0. The first-order valence-electron chi connectivity index (χ1n) is 7.34. The number of benzene rings is 1. The third kappa shape index (κ3) is 3.16. The molecule has 19 heavy (non-hydrogen) atoms. The lowest BCUT2D eigenvalue weighted by atomic mass is 9.97. The van der Waals surface area contributed by atoms with Crippen LogP contribution in [0, 0.1) is 17.8 Å². The van der Waals surface area contributed by atoms with Crippen LogP contribution in [0.5, 0.6) is 0 Å². The fourth-order valence-electron chi connectivity index (χ4n) is 2.91. The van der Waals surface area contributed by atoms with Crippen molar-refractivity contribution in [3.8, 4) is 0 Å². The maximum absolute atomic E-state index is 12.1. The number of rotatable bonds is 6. The van der Waals surface area contributed by atoms with E-state index in [-0.39, 0.29) is 5.91 Å². The van der Waals surface area contributed by atoms with Gasteiger partial charge in [-0.15, -0.1) is 0 Å². The molecular weight excluding hydrogens is 236 g/mol. The lowest BCUT2D eigenvalue weighted by Gasteiger charge is -2.18. The number of amides is 1. The smallest absolute Gasteiger partial charge is 0.241 e. The Bertz CT molecular complexity index is 425. The first-order chi connectivity index (χ1) is 9.25. The van der Waals surface area contributed by atoms with Crippen molar-refractivity contribution in [2.24, 2.45) is 23.5 Å². The number of nitrogens with one attached hydrogen (secondary N) is 1. The van der Waals surface area contributed by atoms with E-state index in [1.54, 1.807) is 0 Å². The van der Waals surface area contributed by atoms with Crippen molar-refractivity contribution >= 4 is 5.91 Å². The molecule has 3 heteroatoms. The maximum Gasteiger partial charge on any atom is 0.241 e. The standard InChI is InChI=1S/C16H22N2O/c17-15(13-4-2-1-3-5-13)16(19)18-10-14(11-6-7-11)12-8-9-12/h1-5,11-12,14-15H,6-10,17H2,(H,18,19)/t15-/m0/s1. The van der Waals surface area contributed by atoms with Gasteiger partial charge in [0.05, 0.1) is 0 Å². The van der Waals surface area contributed by atoms with Crippen molar-refractivity contribution < 1.29 is 4.79 Å². The average molecular weight is 258 g/mol. The van der Waals surface area contributed by atoms with Gasteiger partial charge >= 0.3 is 0 Å². The molecule has 1 atom stereocenters. The molecule has 1 amide bonds. The zero-order valence-corrected chi connectivity index (χ0v) is 11.2. The minimum atomic E-state index is -0.541. The van der Waals surface area contributed by atoms with Gasteiger partial charge in [0.15, 0.2) is 0 Å². The summed E-state index contributed by atoms with van der Waals surface area (Å²) in [6.45, 7) is 0.814. The molecule has 0 saturated heterocycles. The highest BCUT2D eigenvalue weighted by Crippen LogP contribution is 2.48. The highest BCUT2D eigenvalue weighted by atomic mass is 16.2. The Hall–Kier alpha value is -1.35. The minimum absolute atomic E-state index is 0.0440. The van der Waals surface area contributed by atoms with Crippen LogP contribution >= 0.6 is 0 Å². The van der Waals surface area contributed by atoms with E-state index in [1.807, 2.05) is 30.3 Å². The van der Waals surface area contributed by atoms with E-state index in [0.29, 0.717) is 5.92 Å². The van der Waals surface area contributed by atoms with Crippen LogP contribution in [-0.4, -0.2) is 12.5 Å². The highest BCUT2D eigenvalue weighted by molar-refractivity contribution is 5.82. The first-order valence-corrected chi connectivity index (χ1v) is 7.34. The summed E-state index contributed by atoms with van der Waals surface area (Å²) in [5.41, 5.74) is 6.88. The Morgan fingerprint density at radius 3 is 2.26 bits per heavy atom. The van der Waals surface area contributed by atoms with E-state index in [2.05, 4.69) is 5.32 Å². The van der Waals surface area contributed by atoms with Gasteiger partial charge in [0.1, 0.15) is 6.04 Å². The Labute approximate surface area is 114 Å². The molecule has 0 bridgehead atoms. The molecule has 0 radical (unpaired) electrons. The molecule has 3 rings (SSSR count). The first kappa shape index (κ1) is 12.7. The normalized spacial score (nSPS) is 20.3. The van der Waals surface area contributed by atoms with E-state index >= 15 is 0 Å². The van der Waals surface area contributed by atoms with Crippen LogP contribution in [0.3, 0.4) is 0 Å². The number of carbonyl (C=O) groups is 1. The highest BCUT2D eigenvalue weighted by Gasteiger charge is 2.41. The lowest BCUT2D eigenvalue weighted by Crippen LogP contribution is -2.37. The zero-order valence-electron chi connectivity index (χ0n) is 11.2. The second-order valence-corrected chi connectivity index (χ2v) is 5.97. The third-order valence-electron chi connectivity index (χ3n) is 4.41. The lowest BCUT2D eigenvalue weighted by molar-refractivity contribution is -0.122. The van der Waals surface area contributed by atoms with Crippen molar-refractivity contribution in [1.29, 1.82) is 0 Å². The van der Waals surface area contributed by atoms with E-state index in [4.69, 9.17) is 5.73 Å². The van der Waals surface area contributed by atoms with Crippen LogP contribution in [0.4, 0.5) is 0 Å². The number of hydrogen-bond acceptors (Lipinski definition) is 2. The molecule has 3 N–H and O–H groups in total. The van der Waals surface area contributed by atoms with Crippen molar-refractivity contribution in [2.75, 3.05) is 6.54 Å². The van der Waals surface area contributed by atoms with Crippen LogP contribution in [0.2, 0.25) is 0 Å². The summed E-state index contributed by atoms with van der Waals surface area (Å²) in [6, 6.07) is 9.04. The molecule has 2 saturated carbocycles. The molecule has 2 aliphatic rings. The second kappa shape index (κ2) is 5.33. The van der Waals surface area contributed by atoms with Crippen molar-refractivity contribution in [2.45, 2.75) is 31.7 Å². The van der Waals surface area contributed by atoms with Crippen LogP contribution in [0.25, 0.3) is 0 Å². The number of hydrogen-bond donors (Lipinski definition) is 2. The Morgan fingerprint density at radius 2 is 1.74 bits per heavy atom. The monoisotopic (exact) mass is 258 g/mol. The molecule has 3 nitrogen and oxygen atoms in total. The number of nitrogens with two attached hydrogens (primary N) is 1. The van der Waals surface area contributed by atoms with Crippen molar-refractivity contribution in [3.05, 3.63) is 35.9 Å². The summed E-state index contributed by atoms with van der Waals surface area (Å²) in [4.78, 5) is 12.1. The Kier molecular flexibility index (Phi) is 3.56. The largest absolute Gasteiger partial charge is 0.354 e. The summed E-state index contributed by atoms with van der Waals surface area (Å²) in [7, 11) is 0. The predicted molar refractivity (Wildman–Crippen MR) is 75.3 cm³/mol. The molecule has 0 aliphatic heterocycles. The van der Waals surface area contributed by atoms with E-state index in [0.717, 1.165) is 23.9 Å². The van der Waals surface area contributed by atoms with Crippen molar-refractivity contribution in [1.82, 2.24) is 5.32 Å². The quantitative estimate of drug-likeness (QED) is 0.822. The van der Waals surface area contributed by atoms with E-state index < -0.39 is 6.04 Å². The summed E-state index contributed by atoms with van der Waals surface area (Å²) in [5, 5.41) is 3.06. The maximum atomic E-state index is 12.1. The molecule has 0 aromatic heterocycles. The summed E-state index contributed by atoms with van der Waals surface area (Å²) < 4.78 is 0. The van der Waals surface area contributed by atoms with Crippen LogP contribution in [-0.2, 0) is 4.79 Å². The van der Waals surface area contributed by atoms with Gasteiger partial charge in [0, 0.05) is 6.54 Å². The predicted octanol–water partition coefficient (Wildman–Crippen LogP) is 2.24. The molecule has 2 fully saturated rings. The van der Waals surface area contributed by atoms with Crippen LogP contribution < -0.4 is 11.1 Å². The van der Waals surface area contributed by atoms with Gasteiger partial charge in [0.25, 0.3) is 0 Å².